The molecule has 1 aromatic heterocycles. The van der Waals surface area contributed by atoms with Crippen LogP contribution in [-0.4, -0.2) is 22.9 Å². The SMILES string of the molecule is Cc1ccc(-c2ccsc2C(=O)OC(C)C(=O)Nc2ccccc2[N+](=O)[O-])cc1. The van der Waals surface area contributed by atoms with Gasteiger partial charge in [0.2, 0.25) is 0 Å². The molecule has 7 nitrogen and oxygen atoms in total. The molecule has 0 radical (unpaired) electrons. The second-order valence-corrected chi connectivity index (χ2v) is 7.26. The van der Waals surface area contributed by atoms with Crippen molar-refractivity contribution >= 4 is 34.6 Å². The molecule has 1 atom stereocenters. The Labute approximate surface area is 171 Å². The van der Waals surface area contributed by atoms with Crippen LogP contribution >= 0.6 is 11.3 Å². The summed E-state index contributed by atoms with van der Waals surface area (Å²) in [6.45, 7) is 3.39. The second-order valence-electron chi connectivity index (χ2n) is 6.34. The molecule has 2 aromatic carbocycles. The number of carbonyl (C=O) groups is 2. The average Bonchev–Trinajstić information content (AvgIpc) is 3.18. The molecule has 3 rings (SSSR count). The molecule has 29 heavy (non-hydrogen) atoms. The van der Waals surface area contributed by atoms with Crippen molar-refractivity contribution in [2.24, 2.45) is 0 Å². The van der Waals surface area contributed by atoms with Crippen LogP contribution in [0.2, 0.25) is 0 Å². The maximum absolute atomic E-state index is 12.6. The van der Waals surface area contributed by atoms with E-state index in [1.54, 1.807) is 11.4 Å². The topological polar surface area (TPSA) is 98.5 Å². The van der Waals surface area contributed by atoms with Gasteiger partial charge in [0, 0.05) is 11.6 Å². The molecule has 0 aliphatic heterocycles. The van der Waals surface area contributed by atoms with Crippen LogP contribution in [0.5, 0.6) is 0 Å². The summed E-state index contributed by atoms with van der Waals surface area (Å²) < 4.78 is 5.30. The molecule has 0 saturated heterocycles. The van der Waals surface area contributed by atoms with E-state index in [9.17, 15) is 19.7 Å². The Bertz CT molecular complexity index is 1060. The zero-order valence-corrected chi connectivity index (χ0v) is 16.6. The van der Waals surface area contributed by atoms with Crippen molar-refractivity contribution in [3.05, 3.63) is 80.5 Å². The van der Waals surface area contributed by atoms with Crippen LogP contribution in [-0.2, 0) is 9.53 Å². The number of hydrogen-bond donors (Lipinski definition) is 1. The van der Waals surface area contributed by atoms with E-state index in [1.165, 1.54) is 36.5 Å². The van der Waals surface area contributed by atoms with E-state index in [2.05, 4.69) is 5.32 Å². The first kappa shape index (κ1) is 20.2. The Kier molecular flexibility index (Phi) is 6.04. The molecular weight excluding hydrogens is 392 g/mol. The second kappa shape index (κ2) is 8.66. The molecule has 8 heteroatoms. The molecule has 0 saturated carbocycles. The van der Waals surface area contributed by atoms with E-state index >= 15 is 0 Å². The van der Waals surface area contributed by atoms with Crippen LogP contribution in [0.1, 0.15) is 22.2 Å². The minimum Gasteiger partial charge on any atom is -0.448 e. The number of esters is 1. The minimum absolute atomic E-state index is 0.0434. The van der Waals surface area contributed by atoms with Gasteiger partial charge in [0.15, 0.2) is 6.10 Å². The molecule has 0 aliphatic carbocycles. The van der Waals surface area contributed by atoms with E-state index in [4.69, 9.17) is 4.74 Å². The molecule has 1 unspecified atom stereocenters. The highest BCUT2D eigenvalue weighted by Gasteiger charge is 2.24. The van der Waals surface area contributed by atoms with Gasteiger partial charge in [0.05, 0.1) is 4.92 Å². The van der Waals surface area contributed by atoms with Crippen molar-refractivity contribution in [3.8, 4) is 11.1 Å². The number of nitrogens with zero attached hydrogens (tertiary/aromatic N) is 1. The third kappa shape index (κ3) is 4.67. The average molecular weight is 410 g/mol. The first-order valence-electron chi connectivity index (χ1n) is 8.76. The number of nitrogens with one attached hydrogen (secondary N) is 1. The number of hydrogen-bond acceptors (Lipinski definition) is 6. The number of nitro benzene ring substituents is 1. The number of nitro groups is 1. The van der Waals surface area contributed by atoms with Crippen LogP contribution in [0.3, 0.4) is 0 Å². The van der Waals surface area contributed by atoms with Gasteiger partial charge < -0.3 is 10.1 Å². The molecule has 148 valence electrons. The number of benzene rings is 2. The Morgan fingerprint density at radius 3 is 2.48 bits per heavy atom. The first-order chi connectivity index (χ1) is 13.9. The third-order valence-corrected chi connectivity index (χ3v) is 5.12. The number of thiophene rings is 1. The fraction of sp³-hybridized carbons (Fsp3) is 0.143. The van der Waals surface area contributed by atoms with Gasteiger partial charge in [0.1, 0.15) is 10.6 Å². The summed E-state index contributed by atoms with van der Waals surface area (Å²) in [7, 11) is 0. The van der Waals surface area contributed by atoms with E-state index < -0.39 is 22.9 Å². The van der Waals surface area contributed by atoms with Crippen molar-refractivity contribution in [1.29, 1.82) is 0 Å². The number of ether oxygens (including phenoxy) is 1. The van der Waals surface area contributed by atoms with Crippen molar-refractivity contribution in [2.75, 3.05) is 5.32 Å². The quantitative estimate of drug-likeness (QED) is 0.357. The standard InChI is InChI=1S/C21H18N2O5S/c1-13-7-9-15(10-8-13)16-11-12-29-19(16)21(25)28-14(2)20(24)22-17-5-3-4-6-18(17)23(26)27/h3-12,14H,1-2H3,(H,22,24). The van der Waals surface area contributed by atoms with Gasteiger partial charge in [-0.15, -0.1) is 11.3 Å². The summed E-state index contributed by atoms with van der Waals surface area (Å²) in [4.78, 5) is 35.9. The van der Waals surface area contributed by atoms with Crippen LogP contribution in [0.15, 0.2) is 60.0 Å². The Morgan fingerprint density at radius 2 is 1.79 bits per heavy atom. The zero-order chi connectivity index (χ0) is 21.0. The predicted octanol–water partition coefficient (Wildman–Crippen LogP) is 4.82. The van der Waals surface area contributed by atoms with Crippen LogP contribution in [0, 0.1) is 17.0 Å². The normalized spacial score (nSPS) is 11.5. The van der Waals surface area contributed by atoms with Crippen molar-refractivity contribution < 1.29 is 19.2 Å². The molecular formula is C21H18N2O5S. The van der Waals surface area contributed by atoms with Crippen LogP contribution < -0.4 is 5.32 Å². The highest BCUT2D eigenvalue weighted by atomic mass is 32.1. The Balaban J connectivity index is 1.72. The molecule has 0 fully saturated rings. The summed E-state index contributed by atoms with van der Waals surface area (Å²) >= 11 is 1.23. The van der Waals surface area contributed by atoms with Gasteiger partial charge in [0.25, 0.3) is 11.6 Å². The fourth-order valence-corrected chi connectivity index (χ4v) is 3.47. The number of para-hydroxylation sites is 2. The summed E-state index contributed by atoms with van der Waals surface area (Å²) in [5.74, 6) is -1.28. The Hall–Kier alpha value is -3.52. The number of aryl methyl sites for hydroxylation is 1. The van der Waals surface area contributed by atoms with Crippen LogP contribution in [0.4, 0.5) is 11.4 Å². The predicted molar refractivity (Wildman–Crippen MR) is 111 cm³/mol. The van der Waals surface area contributed by atoms with Gasteiger partial charge >= 0.3 is 5.97 Å². The minimum atomic E-state index is -1.13. The van der Waals surface area contributed by atoms with Gasteiger partial charge in [-0.05, 0) is 36.9 Å². The highest BCUT2D eigenvalue weighted by Crippen LogP contribution is 2.30. The lowest BCUT2D eigenvalue weighted by Crippen LogP contribution is -2.30. The third-order valence-electron chi connectivity index (χ3n) is 4.22. The molecule has 0 bridgehead atoms. The monoisotopic (exact) mass is 410 g/mol. The highest BCUT2D eigenvalue weighted by molar-refractivity contribution is 7.12. The largest absolute Gasteiger partial charge is 0.448 e. The first-order valence-corrected chi connectivity index (χ1v) is 9.64. The molecule has 0 aliphatic rings. The van der Waals surface area contributed by atoms with Crippen molar-refractivity contribution in [1.82, 2.24) is 0 Å². The van der Waals surface area contributed by atoms with Gasteiger partial charge in [-0.25, -0.2) is 4.79 Å². The van der Waals surface area contributed by atoms with E-state index in [0.717, 1.165) is 16.7 Å². The van der Waals surface area contributed by atoms with Gasteiger partial charge in [-0.3, -0.25) is 14.9 Å². The maximum Gasteiger partial charge on any atom is 0.349 e. The van der Waals surface area contributed by atoms with Gasteiger partial charge in [-0.1, -0.05) is 42.0 Å². The lowest BCUT2D eigenvalue weighted by molar-refractivity contribution is -0.383. The number of carbonyl (C=O) groups excluding carboxylic acids is 2. The lowest BCUT2D eigenvalue weighted by atomic mass is 10.1. The summed E-state index contributed by atoms with van der Waals surface area (Å²) in [5.41, 5.74) is 2.52. The van der Waals surface area contributed by atoms with E-state index in [0.29, 0.717) is 4.88 Å². The molecule has 0 spiro atoms. The molecule has 3 aromatic rings. The summed E-state index contributed by atoms with van der Waals surface area (Å²) in [5, 5.41) is 15.3. The Morgan fingerprint density at radius 1 is 1.10 bits per heavy atom. The van der Waals surface area contributed by atoms with E-state index in [1.807, 2.05) is 37.3 Å². The fourth-order valence-electron chi connectivity index (χ4n) is 2.67. The molecule has 1 heterocycles. The van der Waals surface area contributed by atoms with Crippen LogP contribution in [0.25, 0.3) is 11.1 Å². The maximum atomic E-state index is 12.6. The van der Waals surface area contributed by atoms with E-state index in [-0.39, 0.29) is 11.4 Å². The lowest BCUT2D eigenvalue weighted by Gasteiger charge is -2.14. The molecule has 1 N–H and O–H groups in total. The number of anilines is 1. The van der Waals surface area contributed by atoms with Crippen molar-refractivity contribution in [3.63, 3.8) is 0 Å². The number of amides is 1. The summed E-state index contributed by atoms with van der Waals surface area (Å²) in [6, 6.07) is 15.3. The zero-order valence-electron chi connectivity index (χ0n) is 15.7. The molecule has 1 amide bonds. The summed E-state index contributed by atoms with van der Waals surface area (Å²) in [6.07, 6.45) is -1.13. The van der Waals surface area contributed by atoms with Gasteiger partial charge in [-0.2, -0.15) is 0 Å². The number of rotatable bonds is 6. The smallest absolute Gasteiger partial charge is 0.349 e. The van der Waals surface area contributed by atoms with Crippen molar-refractivity contribution in [2.45, 2.75) is 20.0 Å².